The lowest BCUT2D eigenvalue weighted by Gasteiger charge is -2.11. The van der Waals surface area contributed by atoms with Crippen molar-refractivity contribution in [3.63, 3.8) is 0 Å². The van der Waals surface area contributed by atoms with Crippen molar-refractivity contribution in [3.05, 3.63) is 34.9 Å². The molecule has 0 spiro atoms. The quantitative estimate of drug-likeness (QED) is 0.764. The highest BCUT2D eigenvalue weighted by Gasteiger charge is 2.14. The van der Waals surface area contributed by atoms with E-state index >= 15 is 0 Å². The van der Waals surface area contributed by atoms with Crippen LogP contribution in [0.1, 0.15) is 11.6 Å². The number of carbonyl (C=O) groups is 1. The Morgan fingerprint density at radius 3 is 2.38 bits per heavy atom. The summed E-state index contributed by atoms with van der Waals surface area (Å²) >= 11 is 5.70. The molecular weight excluding hydrogens is 188 g/mol. The molecule has 1 aromatic carbocycles. The summed E-state index contributed by atoms with van der Waals surface area (Å²) in [6.07, 6.45) is 0. The summed E-state index contributed by atoms with van der Waals surface area (Å²) in [7, 11) is 1.68. The van der Waals surface area contributed by atoms with E-state index in [2.05, 4.69) is 5.32 Å². The van der Waals surface area contributed by atoms with Crippen LogP contribution in [0.15, 0.2) is 24.3 Å². The van der Waals surface area contributed by atoms with Gasteiger partial charge in [-0.1, -0.05) is 23.7 Å². The molecule has 3 nitrogen and oxygen atoms in total. The number of carbonyl (C=O) groups excluding carboxylic acids is 1. The molecule has 0 aliphatic carbocycles. The van der Waals surface area contributed by atoms with E-state index in [-0.39, 0.29) is 0 Å². The molecule has 13 heavy (non-hydrogen) atoms. The number of primary amides is 1. The van der Waals surface area contributed by atoms with Crippen LogP contribution in [0.25, 0.3) is 0 Å². The van der Waals surface area contributed by atoms with Gasteiger partial charge in [0, 0.05) is 5.02 Å². The van der Waals surface area contributed by atoms with Gasteiger partial charge in [0.25, 0.3) is 0 Å². The van der Waals surface area contributed by atoms with E-state index < -0.39 is 11.9 Å². The Labute approximate surface area is 81.9 Å². The van der Waals surface area contributed by atoms with Gasteiger partial charge in [-0.05, 0) is 24.7 Å². The lowest BCUT2D eigenvalue weighted by Crippen LogP contribution is -2.31. The van der Waals surface area contributed by atoms with Crippen LogP contribution in [0.2, 0.25) is 5.02 Å². The maximum atomic E-state index is 10.9. The highest BCUT2D eigenvalue weighted by Crippen LogP contribution is 2.15. The second kappa shape index (κ2) is 4.25. The van der Waals surface area contributed by atoms with Crippen LogP contribution in [-0.4, -0.2) is 13.0 Å². The zero-order valence-corrected chi connectivity index (χ0v) is 8.01. The van der Waals surface area contributed by atoms with E-state index in [4.69, 9.17) is 17.3 Å². The average Bonchev–Trinajstić information content (AvgIpc) is 2.09. The molecule has 70 valence electrons. The van der Waals surface area contributed by atoms with Gasteiger partial charge in [0.15, 0.2) is 0 Å². The van der Waals surface area contributed by atoms with E-state index in [9.17, 15) is 4.79 Å². The number of halogens is 1. The van der Waals surface area contributed by atoms with Crippen molar-refractivity contribution >= 4 is 17.5 Å². The van der Waals surface area contributed by atoms with Crippen LogP contribution < -0.4 is 11.1 Å². The van der Waals surface area contributed by atoms with Crippen LogP contribution in [-0.2, 0) is 4.79 Å². The number of nitrogens with two attached hydrogens (primary N) is 1. The van der Waals surface area contributed by atoms with Crippen molar-refractivity contribution in [1.82, 2.24) is 5.32 Å². The fraction of sp³-hybridized carbons (Fsp3) is 0.222. The van der Waals surface area contributed by atoms with Crippen LogP contribution in [0.4, 0.5) is 0 Å². The van der Waals surface area contributed by atoms with Gasteiger partial charge < -0.3 is 11.1 Å². The van der Waals surface area contributed by atoms with Gasteiger partial charge in [0.05, 0.1) is 0 Å². The molecule has 1 atom stereocenters. The standard InChI is InChI=1S/C9H11ClN2O/c1-12-8(9(11)13)6-2-4-7(10)5-3-6/h2-5,8,12H,1H3,(H2,11,13)/t8-/m0/s1. The fourth-order valence-corrected chi connectivity index (χ4v) is 1.25. The SMILES string of the molecule is CN[C@H](C(N)=O)c1ccc(Cl)cc1. The van der Waals surface area contributed by atoms with Gasteiger partial charge in [-0.25, -0.2) is 0 Å². The minimum absolute atomic E-state index is 0.398. The molecule has 1 aromatic rings. The van der Waals surface area contributed by atoms with Crippen molar-refractivity contribution in [2.75, 3.05) is 7.05 Å². The van der Waals surface area contributed by atoms with Crippen LogP contribution >= 0.6 is 11.6 Å². The Bertz CT molecular complexity index is 297. The third-order valence-electron chi connectivity index (χ3n) is 1.78. The molecule has 3 N–H and O–H groups in total. The molecule has 0 saturated heterocycles. The summed E-state index contributed by atoms with van der Waals surface area (Å²) in [6.45, 7) is 0. The smallest absolute Gasteiger partial charge is 0.239 e. The first kappa shape index (κ1) is 10.0. The second-order valence-electron chi connectivity index (χ2n) is 2.68. The second-order valence-corrected chi connectivity index (χ2v) is 3.11. The number of amides is 1. The van der Waals surface area contributed by atoms with Gasteiger partial charge in [0.2, 0.25) is 5.91 Å². The average molecular weight is 199 g/mol. The Hall–Kier alpha value is -1.06. The number of nitrogens with one attached hydrogen (secondary N) is 1. The van der Waals surface area contributed by atoms with Crippen molar-refractivity contribution in [2.45, 2.75) is 6.04 Å². The molecule has 0 fully saturated rings. The van der Waals surface area contributed by atoms with Gasteiger partial charge in [0.1, 0.15) is 6.04 Å². The normalized spacial score (nSPS) is 12.5. The zero-order valence-electron chi connectivity index (χ0n) is 7.25. The Kier molecular flexibility index (Phi) is 3.28. The largest absolute Gasteiger partial charge is 0.368 e. The first-order valence-corrected chi connectivity index (χ1v) is 4.25. The first-order valence-electron chi connectivity index (χ1n) is 3.87. The Balaban J connectivity index is 2.92. The molecule has 1 amide bonds. The molecular formula is C9H11ClN2O. The molecule has 0 aromatic heterocycles. The van der Waals surface area contributed by atoms with Crippen LogP contribution in [0, 0.1) is 0 Å². The summed E-state index contributed by atoms with van der Waals surface area (Å²) in [5, 5.41) is 3.46. The van der Waals surface area contributed by atoms with E-state index in [1.165, 1.54) is 0 Å². The predicted molar refractivity (Wildman–Crippen MR) is 52.4 cm³/mol. The summed E-state index contributed by atoms with van der Waals surface area (Å²) in [5.74, 6) is -0.398. The highest BCUT2D eigenvalue weighted by molar-refractivity contribution is 6.30. The summed E-state index contributed by atoms with van der Waals surface area (Å²) < 4.78 is 0. The number of likely N-dealkylation sites (N-methyl/N-ethyl adjacent to an activating group) is 1. The van der Waals surface area contributed by atoms with Gasteiger partial charge in [-0.3, -0.25) is 4.79 Å². The number of hydrogen-bond acceptors (Lipinski definition) is 2. The molecule has 0 radical (unpaired) electrons. The maximum absolute atomic E-state index is 10.9. The zero-order chi connectivity index (χ0) is 9.84. The maximum Gasteiger partial charge on any atom is 0.239 e. The monoisotopic (exact) mass is 198 g/mol. The Morgan fingerprint density at radius 2 is 2.00 bits per heavy atom. The number of rotatable bonds is 3. The van der Waals surface area contributed by atoms with Gasteiger partial charge in [-0.2, -0.15) is 0 Å². The molecule has 0 saturated carbocycles. The van der Waals surface area contributed by atoms with Crippen molar-refractivity contribution in [2.24, 2.45) is 5.73 Å². The highest BCUT2D eigenvalue weighted by atomic mass is 35.5. The summed E-state index contributed by atoms with van der Waals surface area (Å²) in [6, 6.07) is 6.55. The van der Waals surface area contributed by atoms with Crippen LogP contribution in [0.3, 0.4) is 0 Å². The lowest BCUT2D eigenvalue weighted by atomic mass is 10.1. The molecule has 0 unspecified atom stereocenters. The van der Waals surface area contributed by atoms with Crippen molar-refractivity contribution in [1.29, 1.82) is 0 Å². The van der Waals surface area contributed by atoms with Crippen molar-refractivity contribution < 1.29 is 4.79 Å². The molecule has 4 heteroatoms. The molecule has 1 rings (SSSR count). The van der Waals surface area contributed by atoms with Gasteiger partial charge >= 0.3 is 0 Å². The number of hydrogen-bond donors (Lipinski definition) is 2. The van der Waals surface area contributed by atoms with E-state index in [1.807, 2.05) is 0 Å². The molecule has 0 aliphatic rings. The fourth-order valence-electron chi connectivity index (χ4n) is 1.13. The first-order chi connectivity index (χ1) is 6.15. The topological polar surface area (TPSA) is 55.1 Å². The minimum Gasteiger partial charge on any atom is -0.368 e. The predicted octanol–water partition coefficient (Wildman–Crippen LogP) is 1.09. The minimum atomic E-state index is -0.447. The van der Waals surface area contributed by atoms with E-state index in [0.29, 0.717) is 5.02 Å². The Morgan fingerprint density at radius 1 is 1.46 bits per heavy atom. The van der Waals surface area contributed by atoms with E-state index in [0.717, 1.165) is 5.56 Å². The third kappa shape index (κ3) is 2.44. The lowest BCUT2D eigenvalue weighted by molar-refractivity contribution is -0.120. The van der Waals surface area contributed by atoms with E-state index in [1.54, 1.807) is 31.3 Å². The summed E-state index contributed by atoms with van der Waals surface area (Å²) in [5.41, 5.74) is 6.00. The van der Waals surface area contributed by atoms with Crippen LogP contribution in [0.5, 0.6) is 0 Å². The molecule has 0 aliphatic heterocycles. The molecule has 0 heterocycles. The van der Waals surface area contributed by atoms with Gasteiger partial charge in [-0.15, -0.1) is 0 Å². The third-order valence-corrected chi connectivity index (χ3v) is 2.03. The number of benzene rings is 1. The van der Waals surface area contributed by atoms with Crippen molar-refractivity contribution in [3.8, 4) is 0 Å². The molecule has 0 bridgehead atoms. The summed E-state index contributed by atoms with van der Waals surface area (Å²) in [4.78, 5) is 10.9.